The summed E-state index contributed by atoms with van der Waals surface area (Å²) in [5.74, 6) is -1.10. The number of nitrogens with zero attached hydrogens (tertiary/aromatic N) is 2. The molecule has 0 saturated carbocycles. The van der Waals surface area contributed by atoms with E-state index < -0.39 is 5.97 Å². The Morgan fingerprint density at radius 2 is 2.35 bits per heavy atom. The van der Waals surface area contributed by atoms with Gasteiger partial charge in [0.15, 0.2) is 4.34 Å². The van der Waals surface area contributed by atoms with Gasteiger partial charge in [0.05, 0.1) is 17.3 Å². The van der Waals surface area contributed by atoms with Crippen molar-refractivity contribution in [3.8, 4) is 6.07 Å². The Balaban J connectivity index is 2.15. The van der Waals surface area contributed by atoms with Crippen molar-refractivity contribution < 1.29 is 14.3 Å². The average Bonchev–Trinajstić information content (AvgIpc) is 2.79. The van der Waals surface area contributed by atoms with Crippen LogP contribution in [0.1, 0.15) is 26.5 Å². The zero-order valence-corrected chi connectivity index (χ0v) is 12.0. The van der Waals surface area contributed by atoms with Crippen molar-refractivity contribution in [2.75, 3.05) is 0 Å². The van der Waals surface area contributed by atoms with E-state index in [1.807, 2.05) is 6.07 Å². The Morgan fingerprint density at radius 3 is 2.95 bits per heavy atom. The molecule has 0 aliphatic carbocycles. The van der Waals surface area contributed by atoms with Crippen LogP contribution in [0.25, 0.3) is 0 Å². The monoisotopic (exact) mass is 308 g/mol. The fourth-order valence-corrected chi connectivity index (χ4v) is 3.53. The van der Waals surface area contributed by atoms with Gasteiger partial charge >= 0.3 is 5.97 Å². The zero-order valence-electron chi connectivity index (χ0n) is 10.4. The molecule has 0 fully saturated rings. The lowest BCUT2D eigenvalue weighted by Crippen LogP contribution is -1.94. The fourth-order valence-electron chi connectivity index (χ4n) is 1.53. The number of halogens is 1. The Morgan fingerprint density at radius 1 is 1.60 bits per heavy atom. The topological polar surface area (TPSA) is 74.0 Å². The van der Waals surface area contributed by atoms with E-state index in [9.17, 15) is 9.18 Å². The van der Waals surface area contributed by atoms with E-state index >= 15 is 0 Å². The van der Waals surface area contributed by atoms with Crippen molar-refractivity contribution in [1.82, 2.24) is 4.98 Å². The number of carboxylic acids is 1. The Kier molecular flexibility index (Phi) is 4.37. The number of carboxylic acid groups (broad SMARTS) is 1. The van der Waals surface area contributed by atoms with Crippen LogP contribution in [-0.4, -0.2) is 16.1 Å². The van der Waals surface area contributed by atoms with Crippen LogP contribution in [0.3, 0.4) is 0 Å². The molecule has 2 aromatic rings. The summed E-state index contributed by atoms with van der Waals surface area (Å²) in [6.45, 7) is 1.63. The third-order valence-electron chi connectivity index (χ3n) is 2.50. The van der Waals surface area contributed by atoms with Crippen LogP contribution in [0.4, 0.5) is 4.39 Å². The van der Waals surface area contributed by atoms with E-state index in [2.05, 4.69) is 4.98 Å². The molecule has 0 radical (unpaired) electrons. The van der Waals surface area contributed by atoms with Crippen molar-refractivity contribution in [3.05, 3.63) is 45.7 Å². The van der Waals surface area contributed by atoms with Crippen molar-refractivity contribution in [3.63, 3.8) is 0 Å². The van der Waals surface area contributed by atoms with E-state index in [0.717, 1.165) is 11.3 Å². The fraction of sp³-hybridized carbons (Fsp3) is 0.154. The molecule has 7 heteroatoms. The quantitative estimate of drug-likeness (QED) is 0.876. The van der Waals surface area contributed by atoms with Crippen LogP contribution in [-0.2, 0) is 5.75 Å². The molecule has 0 spiro atoms. The number of thioether (sulfide) groups is 1. The summed E-state index contributed by atoms with van der Waals surface area (Å²) in [7, 11) is 0. The molecule has 4 nitrogen and oxygen atoms in total. The maximum atomic E-state index is 13.6. The number of carbonyl (C=O) groups is 1. The highest BCUT2D eigenvalue weighted by Crippen LogP contribution is 2.30. The Hall–Kier alpha value is -1.91. The van der Waals surface area contributed by atoms with E-state index in [1.165, 1.54) is 30.0 Å². The predicted octanol–water partition coefficient (Wildman–Crippen LogP) is 3.45. The number of thiazole rings is 1. The number of aromatic carboxylic acids is 1. The van der Waals surface area contributed by atoms with E-state index in [-0.39, 0.29) is 10.7 Å². The molecule has 0 amide bonds. The molecular formula is C13H9FN2O2S2. The third kappa shape index (κ3) is 3.15. The van der Waals surface area contributed by atoms with Crippen molar-refractivity contribution in [2.24, 2.45) is 0 Å². The van der Waals surface area contributed by atoms with Crippen LogP contribution >= 0.6 is 23.1 Å². The SMILES string of the molecule is Cc1nc(SCc2cc(C#N)ccc2F)sc1C(=O)O. The average molecular weight is 308 g/mol. The summed E-state index contributed by atoms with van der Waals surface area (Å²) in [6, 6.07) is 6.11. The van der Waals surface area contributed by atoms with Crippen LogP contribution in [0.5, 0.6) is 0 Å². The zero-order chi connectivity index (χ0) is 14.7. The first-order chi connectivity index (χ1) is 9.51. The standard InChI is InChI=1S/C13H9FN2O2S2/c1-7-11(12(17)18)20-13(16-7)19-6-9-4-8(5-15)2-3-10(9)14/h2-4H,6H2,1H3,(H,17,18). The first-order valence-corrected chi connectivity index (χ1v) is 7.33. The van der Waals surface area contributed by atoms with Gasteiger partial charge in [-0.1, -0.05) is 11.8 Å². The van der Waals surface area contributed by atoms with Crippen molar-refractivity contribution in [1.29, 1.82) is 5.26 Å². The molecule has 20 heavy (non-hydrogen) atoms. The van der Waals surface area contributed by atoms with Gasteiger partial charge < -0.3 is 5.11 Å². The van der Waals surface area contributed by atoms with Gasteiger partial charge in [-0.05, 0) is 30.7 Å². The first kappa shape index (κ1) is 14.5. The Bertz CT molecular complexity index is 707. The molecule has 102 valence electrons. The minimum atomic E-state index is -1.01. The van der Waals surface area contributed by atoms with Crippen LogP contribution in [0, 0.1) is 24.1 Å². The number of aryl methyl sites for hydroxylation is 1. The maximum Gasteiger partial charge on any atom is 0.347 e. The lowest BCUT2D eigenvalue weighted by atomic mass is 10.1. The van der Waals surface area contributed by atoms with Gasteiger partial charge in [-0.2, -0.15) is 5.26 Å². The number of rotatable bonds is 4. The molecule has 2 rings (SSSR count). The third-order valence-corrected chi connectivity index (χ3v) is 4.83. The number of benzene rings is 1. The molecule has 0 unspecified atom stereocenters. The lowest BCUT2D eigenvalue weighted by molar-refractivity contribution is 0.0701. The maximum absolute atomic E-state index is 13.6. The normalized spacial score (nSPS) is 10.2. The molecule has 0 saturated heterocycles. The second kappa shape index (κ2) is 6.03. The van der Waals surface area contributed by atoms with Crippen molar-refractivity contribution >= 4 is 29.1 Å². The molecule has 0 atom stereocenters. The summed E-state index contributed by atoms with van der Waals surface area (Å²) >= 11 is 2.32. The van der Waals surface area contributed by atoms with Gasteiger partial charge in [-0.3, -0.25) is 0 Å². The minimum absolute atomic E-state index is 0.193. The number of hydrogen-bond acceptors (Lipinski definition) is 5. The number of hydrogen-bond donors (Lipinski definition) is 1. The lowest BCUT2D eigenvalue weighted by Gasteiger charge is -2.01. The summed E-state index contributed by atoms with van der Waals surface area (Å²) in [4.78, 5) is 15.2. The van der Waals surface area contributed by atoms with Gasteiger partial charge in [0, 0.05) is 5.75 Å². The number of aromatic nitrogens is 1. The second-order valence-corrected chi connectivity index (χ2v) is 6.13. The number of nitriles is 1. The van der Waals surface area contributed by atoms with Crippen LogP contribution in [0.2, 0.25) is 0 Å². The molecule has 1 aromatic heterocycles. The minimum Gasteiger partial charge on any atom is -0.477 e. The summed E-state index contributed by atoms with van der Waals surface area (Å²) in [5, 5.41) is 17.7. The molecule has 1 aromatic carbocycles. The predicted molar refractivity (Wildman–Crippen MR) is 74.5 cm³/mol. The molecule has 1 heterocycles. The van der Waals surface area contributed by atoms with Gasteiger partial charge in [-0.25, -0.2) is 14.2 Å². The highest BCUT2D eigenvalue weighted by atomic mass is 32.2. The van der Waals surface area contributed by atoms with Crippen molar-refractivity contribution in [2.45, 2.75) is 17.0 Å². The summed E-state index contributed by atoms with van der Waals surface area (Å²) in [6.07, 6.45) is 0. The van der Waals surface area contributed by atoms with Crippen LogP contribution in [0.15, 0.2) is 22.5 Å². The summed E-state index contributed by atoms with van der Waals surface area (Å²) < 4.78 is 14.2. The van der Waals surface area contributed by atoms with Gasteiger partial charge in [0.1, 0.15) is 10.7 Å². The smallest absolute Gasteiger partial charge is 0.347 e. The highest BCUT2D eigenvalue weighted by Gasteiger charge is 2.14. The molecule has 0 aliphatic heterocycles. The summed E-state index contributed by atoms with van der Waals surface area (Å²) in [5.41, 5.74) is 1.25. The van der Waals surface area contributed by atoms with Gasteiger partial charge in [0.2, 0.25) is 0 Å². The molecule has 0 aliphatic rings. The van der Waals surface area contributed by atoms with E-state index in [4.69, 9.17) is 10.4 Å². The first-order valence-electron chi connectivity index (χ1n) is 5.53. The van der Waals surface area contributed by atoms with Gasteiger partial charge in [0.25, 0.3) is 0 Å². The molecule has 0 bridgehead atoms. The molecular weight excluding hydrogens is 299 g/mol. The molecule has 1 N–H and O–H groups in total. The van der Waals surface area contributed by atoms with Crippen LogP contribution < -0.4 is 0 Å². The van der Waals surface area contributed by atoms with E-state index in [1.54, 1.807) is 6.92 Å². The Labute approximate surface area is 122 Å². The van der Waals surface area contributed by atoms with Gasteiger partial charge in [-0.15, -0.1) is 11.3 Å². The largest absolute Gasteiger partial charge is 0.477 e. The second-order valence-electron chi connectivity index (χ2n) is 3.91. The van der Waals surface area contributed by atoms with E-state index in [0.29, 0.717) is 26.9 Å². The highest BCUT2D eigenvalue weighted by molar-refractivity contribution is 8.00.